The van der Waals surface area contributed by atoms with Crippen molar-refractivity contribution in [2.75, 3.05) is 31.1 Å². The highest BCUT2D eigenvalue weighted by Crippen LogP contribution is 2.29. The van der Waals surface area contributed by atoms with Crippen molar-refractivity contribution in [1.29, 1.82) is 0 Å². The van der Waals surface area contributed by atoms with E-state index < -0.39 is 10.7 Å². The molecule has 0 aromatic heterocycles. The SMILES string of the molecule is O=[N+]([O-])c1cc(F)ccc1N1CCN(Cc2ccc(Cl)cc2)CC1. The molecule has 0 spiro atoms. The Bertz CT molecular complexity index is 731. The lowest BCUT2D eigenvalue weighted by atomic mass is 10.1. The number of anilines is 1. The van der Waals surface area contributed by atoms with Crippen LogP contribution in [0.3, 0.4) is 0 Å². The van der Waals surface area contributed by atoms with Gasteiger partial charge in [-0.2, -0.15) is 0 Å². The molecule has 0 atom stereocenters. The van der Waals surface area contributed by atoms with E-state index in [4.69, 9.17) is 11.6 Å². The number of nitro groups is 1. The van der Waals surface area contributed by atoms with Crippen molar-refractivity contribution in [2.24, 2.45) is 0 Å². The molecule has 1 saturated heterocycles. The number of hydrogen-bond acceptors (Lipinski definition) is 4. The summed E-state index contributed by atoms with van der Waals surface area (Å²) in [6.45, 7) is 3.73. The van der Waals surface area contributed by atoms with Crippen LogP contribution in [0.15, 0.2) is 42.5 Å². The molecule has 5 nitrogen and oxygen atoms in total. The largest absolute Gasteiger partial charge is 0.363 e. The molecule has 0 aliphatic carbocycles. The first-order valence-electron chi connectivity index (χ1n) is 7.68. The van der Waals surface area contributed by atoms with Crippen LogP contribution in [0.1, 0.15) is 5.56 Å². The quantitative estimate of drug-likeness (QED) is 0.623. The first-order chi connectivity index (χ1) is 11.5. The second-order valence-corrected chi connectivity index (χ2v) is 6.22. The van der Waals surface area contributed by atoms with Crippen LogP contribution in [0.2, 0.25) is 5.02 Å². The standard InChI is InChI=1S/C17H17ClFN3O2/c18-14-3-1-13(2-4-14)12-20-7-9-21(10-8-20)16-6-5-15(19)11-17(16)22(23)24/h1-6,11H,7-10,12H2. The maximum absolute atomic E-state index is 13.3. The van der Waals surface area contributed by atoms with Crippen molar-refractivity contribution in [2.45, 2.75) is 6.54 Å². The van der Waals surface area contributed by atoms with E-state index >= 15 is 0 Å². The second-order valence-electron chi connectivity index (χ2n) is 5.78. The summed E-state index contributed by atoms with van der Waals surface area (Å²) in [5.74, 6) is -0.591. The van der Waals surface area contributed by atoms with Crippen LogP contribution in [-0.2, 0) is 6.54 Å². The minimum Gasteiger partial charge on any atom is -0.363 e. The Morgan fingerprint density at radius 3 is 2.38 bits per heavy atom. The van der Waals surface area contributed by atoms with Crippen LogP contribution in [0.4, 0.5) is 15.8 Å². The van der Waals surface area contributed by atoms with Gasteiger partial charge in [-0.05, 0) is 29.8 Å². The van der Waals surface area contributed by atoms with Crippen molar-refractivity contribution >= 4 is 23.0 Å². The number of nitrogens with zero attached hydrogens (tertiary/aromatic N) is 3. The first kappa shape index (κ1) is 16.7. The molecule has 0 saturated carbocycles. The van der Waals surface area contributed by atoms with Gasteiger partial charge in [-0.3, -0.25) is 15.0 Å². The molecule has 2 aromatic carbocycles. The summed E-state index contributed by atoms with van der Waals surface area (Å²) in [6.07, 6.45) is 0. The summed E-state index contributed by atoms with van der Waals surface area (Å²) >= 11 is 5.89. The Balaban J connectivity index is 1.65. The van der Waals surface area contributed by atoms with Gasteiger partial charge in [0.1, 0.15) is 11.5 Å². The van der Waals surface area contributed by atoms with E-state index in [1.54, 1.807) is 0 Å². The van der Waals surface area contributed by atoms with Crippen LogP contribution >= 0.6 is 11.6 Å². The Labute approximate surface area is 144 Å². The lowest BCUT2D eigenvalue weighted by Crippen LogP contribution is -2.46. The molecule has 3 rings (SSSR count). The van der Waals surface area contributed by atoms with Gasteiger partial charge in [0.2, 0.25) is 0 Å². The number of rotatable bonds is 4. The monoisotopic (exact) mass is 349 g/mol. The molecule has 0 amide bonds. The maximum Gasteiger partial charge on any atom is 0.295 e. The van der Waals surface area contributed by atoms with Gasteiger partial charge in [0, 0.05) is 37.7 Å². The molecule has 1 aliphatic rings. The third kappa shape index (κ3) is 3.83. The predicted molar refractivity (Wildman–Crippen MR) is 92.0 cm³/mol. The average Bonchev–Trinajstić information content (AvgIpc) is 2.58. The van der Waals surface area contributed by atoms with Crippen LogP contribution in [0.25, 0.3) is 0 Å². The number of piperazine rings is 1. The summed E-state index contributed by atoms with van der Waals surface area (Å²) in [7, 11) is 0. The molecule has 7 heteroatoms. The molecule has 0 unspecified atom stereocenters. The summed E-state index contributed by atoms with van der Waals surface area (Å²) in [4.78, 5) is 14.8. The molecule has 0 radical (unpaired) electrons. The highest BCUT2D eigenvalue weighted by Gasteiger charge is 2.24. The van der Waals surface area contributed by atoms with Crippen molar-refractivity contribution in [3.05, 3.63) is 69.0 Å². The lowest BCUT2D eigenvalue weighted by molar-refractivity contribution is -0.384. The van der Waals surface area contributed by atoms with E-state index in [0.29, 0.717) is 23.8 Å². The Morgan fingerprint density at radius 1 is 1.08 bits per heavy atom. The van der Waals surface area contributed by atoms with Gasteiger partial charge in [0.25, 0.3) is 5.69 Å². The van der Waals surface area contributed by atoms with Crippen molar-refractivity contribution < 1.29 is 9.31 Å². The highest BCUT2D eigenvalue weighted by molar-refractivity contribution is 6.30. The van der Waals surface area contributed by atoms with Gasteiger partial charge < -0.3 is 4.90 Å². The summed E-state index contributed by atoms with van der Waals surface area (Å²) in [6, 6.07) is 11.5. The molecule has 2 aromatic rings. The molecular formula is C17H17ClFN3O2. The van der Waals surface area contributed by atoms with Crippen molar-refractivity contribution in [1.82, 2.24) is 4.90 Å². The van der Waals surface area contributed by atoms with Crippen LogP contribution in [0.5, 0.6) is 0 Å². The number of benzene rings is 2. The number of nitro benzene ring substituents is 1. The Morgan fingerprint density at radius 2 is 1.75 bits per heavy atom. The smallest absolute Gasteiger partial charge is 0.295 e. The average molecular weight is 350 g/mol. The minimum absolute atomic E-state index is 0.179. The third-order valence-electron chi connectivity index (χ3n) is 4.17. The molecule has 1 heterocycles. The fourth-order valence-corrected chi connectivity index (χ4v) is 3.03. The lowest BCUT2D eigenvalue weighted by Gasteiger charge is -2.35. The zero-order valence-corrected chi connectivity index (χ0v) is 13.7. The van der Waals surface area contributed by atoms with E-state index in [0.717, 1.165) is 25.7 Å². The van der Waals surface area contributed by atoms with Gasteiger partial charge >= 0.3 is 0 Å². The molecule has 0 N–H and O–H groups in total. The van der Waals surface area contributed by atoms with E-state index in [9.17, 15) is 14.5 Å². The summed E-state index contributed by atoms with van der Waals surface area (Å²) < 4.78 is 13.3. The van der Waals surface area contributed by atoms with E-state index in [-0.39, 0.29) is 5.69 Å². The van der Waals surface area contributed by atoms with Crippen LogP contribution in [0, 0.1) is 15.9 Å². The van der Waals surface area contributed by atoms with Gasteiger partial charge in [-0.1, -0.05) is 23.7 Å². The van der Waals surface area contributed by atoms with E-state index in [2.05, 4.69) is 4.90 Å². The fourth-order valence-electron chi connectivity index (χ4n) is 2.91. The molecule has 1 aliphatic heterocycles. The van der Waals surface area contributed by atoms with E-state index in [1.807, 2.05) is 29.2 Å². The molecule has 126 valence electrons. The van der Waals surface area contributed by atoms with Gasteiger partial charge in [0.05, 0.1) is 11.0 Å². The van der Waals surface area contributed by atoms with E-state index in [1.165, 1.54) is 17.7 Å². The Hall–Kier alpha value is -2.18. The molecular weight excluding hydrogens is 333 g/mol. The zero-order chi connectivity index (χ0) is 17.1. The Kier molecular flexibility index (Phi) is 4.97. The first-order valence-corrected chi connectivity index (χ1v) is 8.06. The minimum atomic E-state index is -0.591. The topological polar surface area (TPSA) is 49.6 Å². The fraction of sp³-hybridized carbons (Fsp3) is 0.294. The predicted octanol–water partition coefficient (Wildman–Crippen LogP) is 3.71. The highest BCUT2D eigenvalue weighted by atomic mass is 35.5. The second kappa shape index (κ2) is 7.15. The normalized spacial score (nSPS) is 15.5. The third-order valence-corrected chi connectivity index (χ3v) is 4.42. The molecule has 0 bridgehead atoms. The summed E-state index contributed by atoms with van der Waals surface area (Å²) in [5.41, 5.74) is 1.48. The zero-order valence-electron chi connectivity index (χ0n) is 13.0. The summed E-state index contributed by atoms with van der Waals surface area (Å²) in [5, 5.41) is 11.9. The number of hydrogen-bond donors (Lipinski definition) is 0. The number of halogens is 2. The van der Waals surface area contributed by atoms with Crippen LogP contribution in [-0.4, -0.2) is 36.0 Å². The van der Waals surface area contributed by atoms with Crippen molar-refractivity contribution in [3.8, 4) is 0 Å². The van der Waals surface area contributed by atoms with Crippen LogP contribution < -0.4 is 4.90 Å². The maximum atomic E-state index is 13.3. The molecule has 1 fully saturated rings. The molecule has 24 heavy (non-hydrogen) atoms. The van der Waals surface area contributed by atoms with Gasteiger partial charge in [-0.25, -0.2) is 4.39 Å². The van der Waals surface area contributed by atoms with Crippen molar-refractivity contribution in [3.63, 3.8) is 0 Å². The van der Waals surface area contributed by atoms with Gasteiger partial charge in [-0.15, -0.1) is 0 Å². The van der Waals surface area contributed by atoms with Gasteiger partial charge in [0.15, 0.2) is 0 Å².